The molecule has 0 aliphatic carbocycles. The fraction of sp³-hybridized carbons (Fsp3) is 0.500. The third-order valence-electron chi connectivity index (χ3n) is 3.37. The quantitative estimate of drug-likeness (QED) is 0.774. The van der Waals surface area contributed by atoms with E-state index in [0.717, 1.165) is 19.4 Å². The Balaban J connectivity index is 1.73. The molecule has 1 amide bonds. The summed E-state index contributed by atoms with van der Waals surface area (Å²) in [6, 6.07) is 0.198. The Morgan fingerprint density at radius 2 is 2.25 bits per heavy atom. The Kier molecular flexibility index (Phi) is 3.23. The van der Waals surface area contributed by atoms with Crippen molar-refractivity contribution in [3.8, 4) is 0 Å². The van der Waals surface area contributed by atoms with Crippen LogP contribution in [0.4, 0.5) is 6.01 Å². The number of aromatic amines is 1. The Labute approximate surface area is 115 Å². The predicted molar refractivity (Wildman–Crippen MR) is 70.3 cm³/mol. The van der Waals surface area contributed by atoms with Gasteiger partial charge in [0.05, 0.1) is 17.3 Å². The Bertz CT molecular complexity index is 606. The van der Waals surface area contributed by atoms with Gasteiger partial charge >= 0.3 is 6.01 Å². The second-order valence-corrected chi connectivity index (χ2v) is 4.86. The molecule has 2 aromatic rings. The molecule has 1 atom stereocenters. The maximum atomic E-state index is 12.1. The van der Waals surface area contributed by atoms with Crippen LogP contribution in [0.25, 0.3) is 0 Å². The highest BCUT2D eigenvalue weighted by atomic mass is 16.4. The van der Waals surface area contributed by atoms with Gasteiger partial charge in [-0.3, -0.25) is 15.2 Å². The van der Waals surface area contributed by atoms with Gasteiger partial charge in [0.15, 0.2) is 0 Å². The van der Waals surface area contributed by atoms with Crippen molar-refractivity contribution in [3.05, 3.63) is 22.8 Å². The molecule has 8 heteroatoms. The Morgan fingerprint density at radius 1 is 1.40 bits per heavy atom. The molecule has 0 bridgehead atoms. The van der Waals surface area contributed by atoms with E-state index in [4.69, 9.17) is 4.42 Å². The van der Waals surface area contributed by atoms with Gasteiger partial charge in [0, 0.05) is 5.69 Å². The molecular formula is C12H16N6O2. The molecule has 1 aliphatic heterocycles. The highest BCUT2D eigenvalue weighted by Gasteiger charge is 2.23. The maximum Gasteiger partial charge on any atom is 0.322 e. The van der Waals surface area contributed by atoms with Crippen LogP contribution in [-0.4, -0.2) is 32.8 Å². The SMILES string of the molecule is Cc1n[nH]c(C)c1C(=O)Nc1nnc(C2CCCN2)o1. The lowest BCUT2D eigenvalue weighted by molar-refractivity contribution is 0.102. The summed E-state index contributed by atoms with van der Waals surface area (Å²) in [5.41, 5.74) is 1.85. The molecule has 106 valence electrons. The van der Waals surface area contributed by atoms with Crippen molar-refractivity contribution in [1.82, 2.24) is 25.7 Å². The van der Waals surface area contributed by atoms with Crippen molar-refractivity contribution in [3.63, 3.8) is 0 Å². The lowest BCUT2D eigenvalue weighted by Crippen LogP contribution is -2.14. The van der Waals surface area contributed by atoms with Crippen LogP contribution in [0, 0.1) is 13.8 Å². The van der Waals surface area contributed by atoms with E-state index >= 15 is 0 Å². The number of rotatable bonds is 3. The number of hydrogen-bond donors (Lipinski definition) is 3. The summed E-state index contributed by atoms with van der Waals surface area (Å²) >= 11 is 0. The summed E-state index contributed by atoms with van der Waals surface area (Å²) < 4.78 is 5.47. The summed E-state index contributed by atoms with van der Waals surface area (Å²) in [6.07, 6.45) is 2.05. The summed E-state index contributed by atoms with van der Waals surface area (Å²) in [7, 11) is 0. The molecule has 3 N–H and O–H groups in total. The van der Waals surface area contributed by atoms with E-state index in [9.17, 15) is 4.79 Å². The van der Waals surface area contributed by atoms with Gasteiger partial charge in [-0.25, -0.2) is 0 Å². The third kappa shape index (κ3) is 2.29. The van der Waals surface area contributed by atoms with Gasteiger partial charge in [0.2, 0.25) is 5.89 Å². The molecule has 0 radical (unpaired) electrons. The van der Waals surface area contributed by atoms with Crippen LogP contribution in [0.2, 0.25) is 0 Å². The standard InChI is InChI=1S/C12H16N6O2/c1-6-9(7(2)16-15-6)10(19)14-12-18-17-11(20-12)8-4-3-5-13-8/h8,13H,3-5H2,1-2H3,(H,15,16)(H,14,18,19). The largest absolute Gasteiger partial charge is 0.406 e. The topological polar surface area (TPSA) is 109 Å². The van der Waals surface area contributed by atoms with Gasteiger partial charge in [0.25, 0.3) is 5.91 Å². The molecule has 0 spiro atoms. The number of carbonyl (C=O) groups is 1. The number of carbonyl (C=O) groups excluding carboxylic acids is 1. The van der Waals surface area contributed by atoms with Crippen molar-refractivity contribution >= 4 is 11.9 Å². The van der Waals surface area contributed by atoms with Crippen LogP contribution < -0.4 is 10.6 Å². The van der Waals surface area contributed by atoms with E-state index in [2.05, 4.69) is 31.0 Å². The number of nitrogens with zero attached hydrogens (tertiary/aromatic N) is 3. The van der Waals surface area contributed by atoms with Crippen molar-refractivity contribution in [2.24, 2.45) is 0 Å². The summed E-state index contributed by atoms with van der Waals surface area (Å²) in [5.74, 6) is 0.210. The van der Waals surface area contributed by atoms with Crippen LogP contribution in [-0.2, 0) is 0 Å². The van der Waals surface area contributed by atoms with E-state index in [1.165, 1.54) is 0 Å². The molecule has 1 aliphatic rings. The lowest BCUT2D eigenvalue weighted by Gasteiger charge is -2.03. The van der Waals surface area contributed by atoms with Crippen molar-refractivity contribution < 1.29 is 9.21 Å². The van der Waals surface area contributed by atoms with E-state index < -0.39 is 0 Å². The van der Waals surface area contributed by atoms with Crippen molar-refractivity contribution in [2.75, 3.05) is 11.9 Å². The zero-order valence-electron chi connectivity index (χ0n) is 11.4. The summed E-state index contributed by atoms with van der Waals surface area (Å²) in [5, 5.41) is 20.4. The van der Waals surface area contributed by atoms with Crippen LogP contribution in [0.1, 0.15) is 46.5 Å². The fourth-order valence-electron chi connectivity index (χ4n) is 2.37. The molecule has 3 heterocycles. The molecule has 0 aromatic carbocycles. The smallest absolute Gasteiger partial charge is 0.322 e. The van der Waals surface area contributed by atoms with Gasteiger partial charge in [-0.15, -0.1) is 5.10 Å². The molecule has 20 heavy (non-hydrogen) atoms. The van der Waals surface area contributed by atoms with E-state index in [-0.39, 0.29) is 18.0 Å². The van der Waals surface area contributed by atoms with E-state index in [0.29, 0.717) is 22.8 Å². The lowest BCUT2D eigenvalue weighted by atomic mass is 10.2. The van der Waals surface area contributed by atoms with Gasteiger partial charge in [-0.1, -0.05) is 5.10 Å². The highest BCUT2D eigenvalue weighted by Crippen LogP contribution is 2.23. The third-order valence-corrected chi connectivity index (χ3v) is 3.37. The average Bonchev–Trinajstić information content (AvgIpc) is 3.10. The minimum Gasteiger partial charge on any atom is -0.406 e. The number of hydrogen-bond acceptors (Lipinski definition) is 6. The first-order chi connectivity index (χ1) is 9.65. The maximum absolute atomic E-state index is 12.1. The molecule has 2 aromatic heterocycles. The van der Waals surface area contributed by atoms with Crippen LogP contribution in [0.15, 0.2) is 4.42 Å². The second kappa shape index (κ2) is 5.04. The molecule has 1 unspecified atom stereocenters. The fourth-order valence-corrected chi connectivity index (χ4v) is 2.37. The zero-order valence-corrected chi connectivity index (χ0v) is 11.4. The normalized spacial score (nSPS) is 18.4. The van der Waals surface area contributed by atoms with Gasteiger partial charge in [-0.05, 0) is 33.2 Å². The molecule has 1 fully saturated rings. The molecule has 0 saturated carbocycles. The zero-order chi connectivity index (χ0) is 14.1. The van der Waals surface area contributed by atoms with Crippen molar-refractivity contribution in [1.29, 1.82) is 0 Å². The number of aromatic nitrogens is 4. The van der Waals surface area contributed by atoms with Gasteiger partial charge in [-0.2, -0.15) is 5.10 Å². The number of amides is 1. The minimum absolute atomic E-state index is 0.0885. The van der Waals surface area contributed by atoms with Crippen molar-refractivity contribution in [2.45, 2.75) is 32.7 Å². The van der Waals surface area contributed by atoms with Gasteiger partial charge in [0.1, 0.15) is 0 Å². The number of aryl methyl sites for hydroxylation is 2. The first kappa shape index (κ1) is 12.8. The van der Waals surface area contributed by atoms with Crippen LogP contribution in [0.5, 0.6) is 0 Å². The summed E-state index contributed by atoms with van der Waals surface area (Å²) in [6.45, 7) is 4.50. The second-order valence-electron chi connectivity index (χ2n) is 4.86. The molecular weight excluding hydrogens is 260 g/mol. The minimum atomic E-state index is -0.302. The average molecular weight is 276 g/mol. The van der Waals surface area contributed by atoms with Crippen LogP contribution in [0.3, 0.4) is 0 Å². The Hall–Kier alpha value is -2.22. The molecule has 1 saturated heterocycles. The summed E-state index contributed by atoms with van der Waals surface area (Å²) in [4.78, 5) is 12.1. The number of anilines is 1. The highest BCUT2D eigenvalue weighted by molar-refractivity contribution is 6.04. The number of H-pyrrole nitrogens is 1. The predicted octanol–water partition coefficient (Wildman–Crippen LogP) is 1.09. The first-order valence-corrected chi connectivity index (χ1v) is 6.55. The molecule has 8 nitrogen and oxygen atoms in total. The number of nitrogens with one attached hydrogen (secondary N) is 3. The Morgan fingerprint density at radius 3 is 2.90 bits per heavy atom. The van der Waals surface area contributed by atoms with E-state index in [1.54, 1.807) is 13.8 Å². The first-order valence-electron chi connectivity index (χ1n) is 6.55. The molecule has 3 rings (SSSR count). The monoisotopic (exact) mass is 276 g/mol. The van der Waals surface area contributed by atoms with Gasteiger partial charge < -0.3 is 9.73 Å². The van der Waals surface area contributed by atoms with E-state index in [1.807, 2.05) is 0 Å². The van der Waals surface area contributed by atoms with Crippen LogP contribution >= 0.6 is 0 Å².